The zero-order valence-electron chi connectivity index (χ0n) is 10.5. The Balaban J connectivity index is 2.57. The molecule has 0 unspecified atom stereocenters. The third kappa shape index (κ3) is 2.70. The van der Waals surface area contributed by atoms with Crippen LogP contribution in [0.1, 0.15) is 25.5 Å². The summed E-state index contributed by atoms with van der Waals surface area (Å²) in [5, 5.41) is 15.2. The van der Waals surface area contributed by atoms with Crippen molar-refractivity contribution >= 4 is 17.3 Å². The molecule has 0 atom stereocenters. The third-order valence-electron chi connectivity index (χ3n) is 2.54. The molecule has 0 radical (unpaired) electrons. The fourth-order valence-electron chi connectivity index (χ4n) is 1.64. The van der Waals surface area contributed by atoms with E-state index < -0.39 is 4.92 Å². The molecule has 8 heteroatoms. The van der Waals surface area contributed by atoms with Crippen LogP contribution in [0.15, 0.2) is 12.1 Å². The first-order valence-corrected chi connectivity index (χ1v) is 6.20. The number of aromatic nitrogens is 4. The summed E-state index contributed by atoms with van der Waals surface area (Å²) in [5.74, 6) is 1.67. The molecule has 0 saturated heterocycles. The van der Waals surface area contributed by atoms with Gasteiger partial charge in [0.15, 0.2) is 11.6 Å². The highest BCUT2D eigenvalue weighted by Crippen LogP contribution is 2.20. The molecule has 2 aromatic heterocycles. The number of nitro groups is 1. The molecule has 100 valence electrons. The van der Waals surface area contributed by atoms with E-state index in [4.69, 9.17) is 11.6 Å². The fourth-order valence-corrected chi connectivity index (χ4v) is 1.84. The van der Waals surface area contributed by atoms with E-state index in [0.717, 1.165) is 0 Å². The van der Waals surface area contributed by atoms with Crippen LogP contribution in [0.3, 0.4) is 0 Å². The molecule has 7 nitrogen and oxygen atoms in total. The molecule has 0 spiro atoms. The number of rotatable bonds is 4. The van der Waals surface area contributed by atoms with Gasteiger partial charge in [-0.2, -0.15) is 4.68 Å². The SMILES string of the molecule is CCc1nc(CC)n(-c2cc([N+](=O)[O-])cc(Cl)n2)n1. The summed E-state index contributed by atoms with van der Waals surface area (Å²) < 4.78 is 1.50. The van der Waals surface area contributed by atoms with Crippen LogP contribution in [0, 0.1) is 10.1 Å². The first-order valence-electron chi connectivity index (χ1n) is 5.82. The van der Waals surface area contributed by atoms with Crippen LogP contribution in [0.4, 0.5) is 5.69 Å². The molecule has 0 fully saturated rings. The quantitative estimate of drug-likeness (QED) is 0.488. The van der Waals surface area contributed by atoms with Gasteiger partial charge in [-0.3, -0.25) is 10.1 Å². The van der Waals surface area contributed by atoms with Gasteiger partial charge in [-0.1, -0.05) is 25.4 Å². The molecule has 0 amide bonds. The lowest BCUT2D eigenvalue weighted by molar-refractivity contribution is -0.384. The second kappa shape index (κ2) is 5.31. The molecule has 2 rings (SSSR count). The summed E-state index contributed by atoms with van der Waals surface area (Å²) in [7, 11) is 0. The highest BCUT2D eigenvalue weighted by atomic mass is 35.5. The van der Waals surface area contributed by atoms with Crippen molar-refractivity contribution in [2.75, 3.05) is 0 Å². The summed E-state index contributed by atoms with van der Waals surface area (Å²) in [4.78, 5) is 18.7. The first kappa shape index (κ1) is 13.4. The van der Waals surface area contributed by atoms with E-state index >= 15 is 0 Å². The number of hydrogen-bond donors (Lipinski definition) is 0. The standard InChI is InChI=1S/C11H12ClN5O2/c1-3-9-14-10(4-2)16(15-9)11-6-7(17(18)19)5-8(12)13-11/h5-6H,3-4H2,1-2H3. The maximum atomic E-state index is 10.8. The number of pyridine rings is 1. The van der Waals surface area contributed by atoms with E-state index in [1.165, 1.54) is 16.8 Å². The van der Waals surface area contributed by atoms with Gasteiger partial charge in [0.25, 0.3) is 5.69 Å². The van der Waals surface area contributed by atoms with E-state index in [2.05, 4.69) is 15.1 Å². The Bertz CT molecular complexity index is 626. The van der Waals surface area contributed by atoms with Crippen molar-refractivity contribution in [3.63, 3.8) is 0 Å². The van der Waals surface area contributed by atoms with Crippen molar-refractivity contribution in [3.05, 3.63) is 39.0 Å². The molecule has 0 saturated carbocycles. The van der Waals surface area contributed by atoms with Gasteiger partial charge in [-0.25, -0.2) is 9.97 Å². The van der Waals surface area contributed by atoms with Crippen molar-refractivity contribution in [3.8, 4) is 5.82 Å². The lowest BCUT2D eigenvalue weighted by atomic mass is 10.4. The lowest BCUT2D eigenvalue weighted by Crippen LogP contribution is -2.05. The lowest BCUT2D eigenvalue weighted by Gasteiger charge is -2.03. The van der Waals surface area contributed by atoms with Crippen LogP contribution in [0.25, 0.3) is 5.82 Å². The third-order valence-corrected chi connectivity index (χ3v) is 2.74. The van der Waals surface area contributed by atoms with E-state index in [9.17, 15) is 10.1 Å². The van der Waals surface area contributed by atoms with Gasteiger partial charge < -0.3 is 0 Å². The molecular weight excluding hydrogens is 270 g/mol. The average molecular weight is 282 g/mol. The second-order valence-electron chi connectivity index (χ2n) is 3.83. The molecule has 0 aromatic carbocycles. The Labute approximate surface area is 114 Å². The monoisotopic (exact) mass is 281 g/mol. The Morgan fingerprint density at radius 3 is 2.63 bits per heavy atom. The molecule has 19 heavy (non-hydrogen) atoms. The van der Waals surface area contributed by atoms with Gasteiger partial charge in [0.1, 0.15) is 11.0 Å². The number of nitrogens with zero attached hydrogens (tertiary/aromatic N) is 5. The fraction of sp³-hybridized carbons (Fsp3) is 0.364. The summed E-state index contributed by atoms with van der Waals surface area (Å²) in [6, 6.07) is 2.54. The van der Waals surface area contributed by atoms with Crippen LogP contribution in [-0.4, -0.2) is 24.7 Å². The maximum Gasteiger partial charge on any atom is 0.276 e. The predicted molar refractivity (Wildman–Crippen MR) is 69.6 cm³/mol. The van der Waals surface area contributed by atoms with Crippen LogP contribution in [-0.2, 0) is 12.8 Å². The molecule has 0 aliphatic rings. The minimum Gasteiger partial charge on any atom is -0.258 e. The Morgan fingerprint density at radius 1 is 1.32 bits per heavy atom. The highest BCUT2D eigenvalue weighted by molar-refractivity contribution is 6.29. The normalized spacial score (nSPS) is 10.7. The summed E-state index contributed by atoms with van der Waals surface area (Å²) >= 11 is 5.80. The van der Waals surface area contributed by atoms with Crippen LogP contribution in [0.5, 0.6) is 0 Å². The largest absolute Gasteiger partial charge is 0.276 e. The van der Waals surface area contributed by atoms with E-state index in [0.29, 0.717) is 30.3 Å². The van der Waals surface area contributed by atoms with E-state index in [1.807, 2.05) is 13.8 Å². The topological polar surface area (TPSA) is 86.7 Å². The predicted octanol–water partition coefficient (Wildman–Crippen LogP) is 2.35. The Morgan fingerprint density at radius 2 is 2.05 bits per heavy atom. The first-order chi connectivity index (χ1) is 9.05. The molecule has 2 heterocycles. The smallest absolute Gasteiger partial charge is 0.258 e. The number of halogens is 1. The van der Waals surface area contributed by atoms with Crippen molar-refractivity contribution in [2.24, 2.45) is 0 Å². The average Bonchev–Trinajstić information content (AvgIpc) is 2.81. The Kier molecular flexibility index (Phi) is 3.75. The van der Waals surface area contributed by atoms with Crippen LogP contribution < -0.4 is 0 Å². The zero-order chi connectivity index (χ0) is 14.0. The molecule has 0 N–H and O–H groups in total. The summed E-state index contributed by atoms with van der Waals surface area (Å²) in [6.07, 6.45) is 1.33. The zero-order valence-corrected chi connectivity index (χ0v) is 11.3. The van der Waals surface area contributed by atoms with Gasteiger partial charge >= 0.3 is 0 Å². The molecule has 0 bridgehead atoms. The van der Waals surface area contributed by atoms with Crippen LogP contribution >= 0.6 is 11.6 Å². The highest BCUT2D eigenvalue weighted by Gasteiger charge is 2.15. The molecule has 2 aromatic rings. The Hall–Kier alpha value is -2.02. The van der Waals surface area contributed by atoms with Gasteiger partial charge in [0, 0.05) is 12.8 Å². The minimum absolute atomic E-state index is 0.0554. The molecule has 0 aliphatic carbocycles. The number of aryl methyl sites for hydroxylation is 2. The maximum absolute atomic E-state index is 10.8. The van der Waals surface area contributed by atoms with E-state index in [1.54, 1.807) is 0 Å². The van der Waals surface area contributed by atoms with Crippen molar-refractivity contribution < 1.29 is 4.92 Å². The van der Waals surface area contributed by atoms with Gasteiger partial charge in [0.05, 0.1) is 17.1 Å². The molecular formula is C11H12ClN5O2. The van der Waals surface area contributed by atoms with Crippen molar-refractivity contribution in [2.45, 2.75) is 26.7 Å². The van der Waals surface area contributed by atoms with Gasteiger partial charge in [-0.15, -0.1) is 5.10 Å². The molecule has 0 aliphatic heterocycles. The summed E-state index contributed by atoms with van der Waals surface area (Å²) in [5.41, 5.74) is -0.120. The van der Waals surface area contributed by atoms with Crippen LogP contribution in [0.2, 0.25) is 5.15 Å². The number of hydrogen-bond acceptors (Lipinski definition) is 5. The second-order valence-corrected chi connectivity index (χ2v) is 4.21. The van der Waals surface area contributed by atoms with Crippen molar-refractivity contribution in [1.29, 1.82) is 0 Å². The van der Waals surface area contributed by atoms with Gasteiger partial charge in [-0.05, 0) is 0 Å². The summed E-state index contributed by atoms with van der Waals surface area (Å²) in [6.45, 7) is 3.87. The van der Waals surface area contributed by atoms with Gasteiger partial charge in [0.2, 0.25) is 0 Å². The van der Waals surface area contributed by atoms with Crippen molar-refractivity contribution in [1.82, 2.24) is 19.7 Å². The minimum atomic E-state index is -0.514. The van der Waals surface area contributed by atoms with E-state index in [-0.39, 0.29) is 10.8 Å².